The molecule has 0 aromatic carbocycles. The number of aliphatic carboxylic acids is 1. The lowest BCUT2D eigenvalue weighted by Crippen LogP contribution is -2.40. The number of rotatable bonds is 13. The van der Waals surface area contributed by atoms with E-state index in [4.69, 9.17) is 0 Å². The fourth-order valence-corrected chi connectivity index (χ4v) is 9.18. The molecule has 0 aliphatic rings. The van der Waals surface area contributed by atoms with E-state index in [0.717, 1.165) is 0 Å². The lowest BCUT2D eigenvalue weighted by Gasteiger charge is -2.36. The van der Waals surface area contributed by atoms with E-state index in [9.17, 15) is 38.3 Å². The van der Waals surface area contributed by atoms with Crippen LogP contribution in [0.4, 0.5) is 0 Å². The number of carbonyl (C=O) groups is 1. The standard InChI is InChI=1S/C11H25O11P3/c1-4-7-20-23(14,15)11(10(12)13,24(16,17)21-8-5-2)25(18,19)22-9-6-3/h4-9H2,1-3H3,(H,12,13)(H,14,15)(H,16,17)(H,18,19). The van der Waals surface area contributed by atoms with Crippen molar-refractivity contribution >= 4 is 28.8 Å². The van der Waals surface area contributed by atoms with Crippen molar-refractivity contribution in [2.75, 3.05) is 19.8 Å². The molecule has 0 fully saturated rings. The summed E-state index contributed by atoms with van der Waals surface area (Å²) in [5.41, 5.74) is 0. The van der Waals surface area contributed by atoms with Gasteiger partial charge < -0.3 is 33.4 Å². The molecule has 11 nitrogen and oxygen atoms in total. The van der Waals surface area contributed by atoms with Crippen LogP contribution >= 0.6 is 22.8 Å². The van der Waals surface area contributed by atoms with Gasteiger partial charge in [-0.05, 0) is 19.3 Å². The molecular weight excluding hydrogens is 401 g/mol. The van der Waals surface area contributed by atoms with E-state index in [1.807, 2.05) is 0 Å². The summed E-state index contributed by atoms with van der Waals surface area (Å²) < 4.78 is 47.3. The van der Waals surface area contributed by atoms with Crippen molar-refractivity contribution in [2.45, 2.75) is 44.7 Å². The minimum Gasteiger partial charge on any atom is -0.479 e. The first-order valence-corrected chi connectivity index (χ1v) is 12.3. The van der Waals surface area contributed by atoms with E-state index in [2.05, 4.69) is 13.6 Å². The van der Waals surface area contributed by atoms with Crippen LogP contribution in [0.5, 0.6) is 0 Å². The van der Waals surface area contributed by atoms with Gasteiger partial charge in [0, 0.05) is 0 Å². The lowest BCUT2D eigenvalue weighted by molar-refractivity contribution is -0.137. The van der Waals surface area contributed by atoms with Gasteiger partial charge in [-0.25, -0.2) is 4.79 Å². The largest absolute Gasteiger partial charge is 0.479 e. The van der Waals surface area contributed by atoms with Crippen molar-refractivity contribution in [1.82, 2.24) is 0 Å². The van der Waals surface area contributed by atoms with Crippen LogP contribution in [0, 0.1) is 0 Å². The van der Waals surface area contributed by atoms with E-state index in [1.54, 1.807) is 0 Å². The Morgan fingerprint density at radius 2 is 1.00 bits per heavy atom. The summed E-state index contributed by atoms with van der Waals surface area (Å²) in [6, 6.07) is 0. The maximum atomic E-state index is 12.6. The average Bonchev–Trinajstić information content (AvgIpc) is 2.48. The minimum atomic E-state index is -5.71. The Bertz CT molecular complexity index is 520. The first kappa shape index (κ1) is 24.9. The van der Waals surface area contributed by atoms with Crippen molar-refractivity contribution in [1.29, 1.82) is 0 Å². The number of carboxylic acids is 1. The van der Waals surface area contributed by atoms with E-state index in [1.165, 1.54) is 20.8 Å². The number of hydrogen-bond acceptors (Lipinski definition) is 7. The number of carboxylic acid groups (broad SMARTS) is 1. The summed E-state index contributed by atoms with van der Waals surface area (Å²) in [4.78, 5) is 42.2. The molecule has 14 heteroatoms. The highest BCUT2D eigenvalue weighted by Crippen LogP contribution is 2.87. The fourth-order valence-electron chi connectivity index (χ4n) is 1.76. The second kappa shape index (κ2) is 9.74. The van der Waals surface area contributed by atoms with Gasteiger partial charge in [-0.1, -0.05) is 20.8 Å². The molecule has 0 aromatic heterocycles. The zero-order valence-electron chi connectivity index (χ0n) is 14.2. The summed E-state index contributed by atoms with van der Waals surface area (Å²) in [5, 5.41) is 9.49. The predicted octanol–water partition coefficient (Wildman–Crippen LogP) is 2.56. The Morgan fingerprint density at radius 1 is 0.760 bits per heavy atom. The number of hydrogen-bond donors (Lipinski definition) is 4. The van der Waals surface area contributed by atoms with Crippen molar-refractivity contribution in [3.8, 4) is 0 Å². The summed E-state index contributed by atoms with van der Waals surface area (Å²) in [5.74, 6) is -2.50. The molecule has 3 atom stereocenters. The summed E-state index contributed by atoms with van der Waals surface area (Å²) in [7, 11) is -17.1. The molecule has 0 aromatic rings. The highest BCUT2D eigenvalue weighted by molar-refractivity contribution is 7.91. The molecule has 150 valence electrons. The topological polar surface area (TPSA) is 177 Å². The molecule has 0 rings (SSSR count). The van der Waals surface area contributed by atoms with Crippen LogP contribution in [0.2, 0.25) is 0 Å². The molecule has 0 saturated carbocycles. The predicted molar refractivity (Wildman–Crippen MR) is 88.6 cm³/mol. The van der Waals surface area contributed by atoms with E-state index in [-0.39, 0.29) is 19.3 Å². The van der Waals surface area contributed by atoms with Crippen LogP contribution in [0.25, 0.3) is 0 Å². The molecule has 0 saturated heterocycles. The molecule has 0 amide bonds. The molecule has 0 heterocycles. The van der Waals surface area contributed by atoms with E-state index in [0.29, 0.717) is 0 Å². The van der Waals surface area contributed by atoms with Crippen LogP contribution in [-0.2, 0) is 32.1 Å². The first-order chi connectivity index (χ1) is 11.4. The van der Waals surface area contributed by atoms with Gasteiger partial charge in [0.1, 0.15) is 0 Å². The maximum absolute atomic E-state index is 12.6. The van der Waals surface area contributed by atoms with Gasteiger partial charge in [-0.15, -0.1) is 0 Å². The van der Waals surface area contributed by atoms with Gasteiger partial charge in [0.05, 0.1) is 19.8 Å². The lowest BCUT2D eigenvalue weighted by atomic mass is 10.5. The molecule has 3 unspecified atom stereocenters. The molecule has 25 heavy (non-hydrogen) atoms. The minimum absolute atomic E-state index is 0.136. The molecule has 0 spiro atoms. The summed E-state index contributed by atoms with van der Waals surface area (Å²) >= 11 is 0. The zero-order valence-corrected chi connectivity index (χ0v) is 16.9. The molecule has 4 N–H and O–H groups in total. The Balaban J connectivity index is 6.61. The first-order valence-electron chi connectivity index (χ1n) is 7.53. The normalized spacial score (nSPS) is 21.5. The molecule has 0 radical (unpaired) electrons. The SMILES string of the molecule is CCCOP(=O)(O)C(C(=O)O)(P(=O)(O)OCCC)P(=O)(O)OCCC. The zero-order chi connectivity index (χ0) is 19.9. The maximum Gasteiger partial charge on any atom is 0.370 e. The van der Waals surface area contributed by atoms with Crippen LogP contribution in [0.3, 0.4) is 0 Å². The third-order valence-corrected chi connectivity index (χ3v) is 12.0. The van der Waals surface area contributed by atoms with Crippen LogP contribution in [-0.4, -0.2) is 50.2 Å². The molecule has 0 aliphatic heterocycles. The van der Waals surface area contributed by atoms with Crippen LogP contribution in [0.1, 0.15) is 40.0 Å². The van der Waals surface area contributed by atoms with Gasteiger partial charge in [-0.3, -0.25) is 13.7 Å². The highest BCUT2D eigenvalue weighted by Gasteiger charge is 2.80. The third-order valence-electron chi connectivity index (χ3n) is 2.88. The van der Waals surface area contributed by atoms with Gasteiger partial charge in [-0.2, -0.15) is 0 Å². The van der Waals surface area contributed by atoms with Gasteiger partial charge in [0.15, 0.2) is 0 Å². The van der Waals surface area contributed by atoms with Crippen molar-refractivity contribution in [3.63, 3.8) is 0 Å². The van der Waals surface area contributed by atoms with Gasteiger partial charge >= 0.3 is 33.4 Å². The van der Waals surface area contributed by atoms with Crippen molar-refractivity contribution in [3.05, 3.63) is 0 Å². The van der Waals surface area contributed by atoms with E-state index < -0.39 is 53.2 Å². The van der Waals surface area contributed by atoms with Gasteiger partial charge in [0.25, 0.3) is 0 Å². The Hall–Kier alpha value is -0.0800. The smallest absolute Gasteiger partial charge is 0.370 e. The van der Waals surface area contributed by atoms with Crippen LogP contribution < -0.4 is 0 Å². The molecular formula is C11H25O11P3. The Kier molecular flexibility index (Phi) is 9.71. The van der Waals surface area contributed by atoms with Gasteiger partial charge in [0.2, 0.25) is 0 Å². The second-order valence-electron chi connectivity index (χ2n) is 5.00. The molecule has 0 bridgehead atoms. The quantitative estimate of drug-likeness (QED) is 0.318. The molecule has 0 aliphatic carbocycles. The highest BCUT2D eigenvalue weighted by atomic mass is 31.3. The van der Waals surface area contributed by atoms with Crippen molar-refractivity contribution < 1.29 is 51.8 Å². The van der Waals surface area contributed by atoms with E-state index >= 15 is 0 Å². The summed E-state index contributed by atoms with van der Waals surface area (Å²) in [6.45, 7) is 3.06. The van der Waals surface area contributed by atoms with Crippen molar-refractivity contribution in [2.24, 2.45) is 0 Å². The fraction of sp³-hybridized carbons (Fsp3) is 0.909. The monoisotopic (exact) mass is 426 g/mol. The Morgan fingerprint density at radius 3 is 1.16 bits per heavy atom. The second-order valence-corrected chi connectivity index (χ2v) is 12.0. The summed E-state index contributed by atoms with van der Waals surface area (Å²) in [6.07, 6.45) is 0.409. The van der Waals surface area contributed by atoms with Crippen LogP contribution in [0.15, 0.2) is 0 Å². The Labute approximate surface area is 145 Å². The third kappa shape index (κ3) is 5.01. The average molecular weight is 426 g/mol.